The minimum atomic E-state index is -1.20. The minimum absolute atomic E-state index is 0.0597. The molecule has 2 unspecified atom stereocenters. The van der Waals surface area contributed by atoms with Gasteiger partial charge in [-0.3, -0.25) is 14.5 Å². The van der Waals surface area contributed by atoms with Crippen molar-refractivity contribution in [3.8, 4) is 0 Å². The third-order valence-corrected chi connectivity index (χ3v) is 8.03. The Morgan fingerprint density at radius 2 is 2.19 bits per heavy atom. The molecule has 2 amide bonds. The number of β-lactam (4-membered cyclic amide) rings is 1. The molecule has 0 aromatic carbocycles. The van der Waals surface area contributed by atoms with Crippen molar-refractivity contribution >= 4 is 63.5 Å². The molecule has 3 aliphatic heterocycles. The number of fused-ring (bicyclic) bond motifs is 1. The van der Waals surface area contributed by atoms with Crippen molar-refractivity contribution in [2.45, 2.75) is 16.7 Å². The highest BCUT2D eigenvalue weighted by Crippen LogP contribution is 2.44. The maximum Gasteiger partial charge on any atom is 0.353 e. The third kappa shape index (κ3) is 4.43. The van der Waals surface area contributed by atoms with Gasteiger partial charge in [0.1, 0.15) is 36.7 Å². The zero-order valence-electron chi connectivity index (χ0n) is 16.7. The van der Waals surface area contributed by atoms with E-state index in [0.29, 0.717) is 23.9 Å². The molecule has 15 heteroatoms. The van der Waals surface area contributed by atoms with Crippen LogP contribution in [0.25, 0.3) is 0 Å². The molecule has 0 saturated carbocycles. The van der Waals surface area contributed by atoms with Crippen molar-refractivity contribution < 1.29 is 33.8 Å². The molecule has 0 radical (unpaired) electrons. The summed E-state index contributed by atoms with van der Waals surface area (Å²) in [6.07, 6.45) is 0. The lowest BCUT2D eigenvalue weighted by molar-refractivity contribution is -0.150. The number of hydrogen-bond acceptors (Lipinski definition) is 12. The fourth-order valence-electron chi connectivity index (χ4n) is 3.32. The Morgan fingerprint density at radius 1 is 1.44 bits per heavy atom. The highest BCUT2D eigenvalue weighted by molar-refractivity contribution is 8.06. The number of nitrogens with one attached hydrogen (secondary N) is 1. The lowest BCUT2D eigenvalue weighted by Gasteiger charge is -2.49. The molecule has 4 heterocycles. The molecule has 0 spiro atoms. The number of rotatable bonds is 7. The van der Waals surface area contributed by atoms with Gasteiger partial charge in [-0.1, -0.05) is 5.16 Å². The number of oxime groups is 1. The number of ether oxygens (including phenoxy) is 2. The quantitative estimate of drug-likeness (QED) is 0.259. The van der Waals surface area contributed by atoms with Crippen molar-refractivity contribution in [1.29, 1.82) is 0 Å². The first-order valence-corrected chi connectivity index (χ1v) is 12.1. The summed E-state index contributed by atoms with van der Waals surface area (Å²) >= 11 is 3.84. The molecule has 1 aromatic heterocycles. The molecule has 0 aliphatic carbocycles. The average molecular weight is 502 g/mol. The van der Waals surface area contributed by atoms with Crippen LogP contribution in [0.5, 0.6) is 0 Å². The number of carbonyl (C=O) groups is 3. The van der Waals surface area contributed by atoms with Gasteiger partial charge in [0.15, 0.2) is 10.8 Å². The van der Waals surface area contributed by atoms with Gasteiger partial charge in [-0.2, -0.15) is 0 Å². The van der Waals surface area contributed by atoms with Crippen molar-refractivity contribution in [1.82, 2.24) is 15.2 Å². The van der Waals surface area contributed by atoms with Crippen LogP contribution in [0.2, 0.25) is 0 Å². The number of hydrogen-bond donors (Lipinski definition) is 3. The van der Waals surface area contributed by atoms with Crippen LogP contribution in [0.1, 0.15) is 5.69 Å². The zero-order valence-corrected chi connectivity index (χ0v) is 19.1. The number of anilines is 1. The van der Waals surface area contributed by atoms with Gasteiger partial charge in [-0.25, -0.2) is 9.78 Å². The lowest BCUT2D eigenvalue weighted by atomic mass is 10.0. The molecule has 3 aliphatic rings. The van der Waals surface area contributed by atoms with Crippen LogP contribution >= 0.6 is 34.9 Å². The summed E-state index contributed by atoms with van der Waals surface area (Å²) in [6, 6.07) is -0.909. The summed E-state index contributed by atoms with van der Waals surface area (Å²) < 4.78 is 10.5. The number of carboxylic acid groups (broad SMARTS) is 1. The van der Waals surface area contributed by atoms with Gasteiger partial charge in [-0.15, -0.1) is 34.9 Å². The number of nitrogens with zero attached hydrogens (tertiary/aromatic N) is 3. The highest BCUT2D eigenvalue weighted by Gasteiger charge is 2.54. The standard InChI is InChI=1S/C17H19N5O7S3/c1-27-21-10(8-4-31-17(18)19-8)13(23)20-11-14(24)22-12(16(25)26)9(5-30-15(11)22)32-7-2-28-6-29-3-7/h4,7,11,15H,2-3,5-6H2,1H3,(H2,18,19)(H,20,23)(H,25,26)/b21-10-. The second-order valence-corrected chi connectivity index (χ2v) is 10.1. The van der Waals surface area contributed by atoms with E-state index in [0.717, 1.165) is 11.3 Å². The zero-order chi connectivity index (χ0) is 22.8. The van der Waals surface area contributed by atoms with Gasteiger partial charge in [0, 0.05) is 16.0 Å². The number of aliphatic carboxylic acids is 1. The Labute approximate surface area is 194 Å². The van der Waals surface area contributed by atoms with Crippen molar-refractivity contribution in [2.75, 3.05) is 38.6 Å². The molecule has 2 saturated heterocycles. The molecular formula is C17H19N5O7S3. The van der Waals surface area contributed by atoms with E-state index >= 15 is 0 Å². The van der Waals surface area contributed by atoms with Crippen LogP contribution in [0, 0.1) is 0 Å². The summed E-state index contributed by atoms with van der Waals surface area (Å²) in [5, 5.41) is 17.3. The highest BCUT2D eigenvalue weighted by atomic mass is 32.2. The number of nitrogen functional groups attached to an aromatic ring is 1. The SMILES string of the molecule is CO/N=C(\C(=O)NC1C(=O)N2C(C(=O)O)=C(SC3COCOC3)CSC12)c1csc(N)n1. The first-order chi connectivity index (χ1) is 15.4. The topological polar surface area (TPSA) is 166 Å². The van der Waals surface area contributed by atoms with E-state index in [1.807, 2.05) is 0 Å². The predicted molar refractivity (Wildman–Crippen MR) is 118 cm³/mol. The number of carboxylic acids is 1. The fourth-order valence-corrected chi connectivity index (χ4v) is 6.56. The van der Waals surface area contributed by atoms with Crippen molar-refractivity contribution in [3.05, 3.63) is 21.7 Å². The number of thioether (sulfide) groups is 2. The van der Waals surface area contributed by atoms with Crippen LogP contribution in [-0.2, 0) is 28.7 Å². The van der Waals surface area contributed by atoms with E-state index in [2.05, 4.69) is 15.5 Å². The molecule has 0 bridgehead atoms. The van der Waals surface area contributed by atoms with Crippen LogP contribution in [0.15, 0.2) is 21.1 Å². The van der Waals surface area contributed by atoms with E-state index in [4.69, 9.17) is 20.0 Å². The average Bonchev–Trinajstić information content (AvgIpc) is 3.21. The first kappa shape index (κ1) is 22.8. The summed E-state index contributed by atoms with van der Waals surface area (Å²) in [4.78, 5) is 48.1. The monoisotopic (exact) mass is 501 g/mol. The number of nitrogens with two attached hydrogens (primary N) is 1. The summed E-state index contributed by atoms with van der Waals surface area (Å²) in [6.45, 7) is 1.08. The van der Waals surface area contributed by atoms with E-state index in [1.165, 1.54) is 35.5 Å². The van der Waals surface area contributed by atoms with E-state index < -0.39 is 29.2 Å². The normalized spacial score (nSPS) is 24.1. The number of amides is 2. The van der Waals surface area contributed by atoms with Crippen molar-refractivity contribution in [3.63, 3.8) is 0 Å². The summed E-state index contributed by atoms with van der Waals surface area (Å²) in [7, 11) is 1.28. The third-order valence-electron chi connectivity index (χ3n) is 4.67. The number of aromatic nitrogens is 1. The molecular weight excluding hydrogens is 482 g/mol. The molecule has 1 aromatic rings. The van der Waals surface area contributed by atoms with E-state index in [9.17, 15) is 19.5 Å². The Kier molecular flexibility index (Phi) is 6.90. The first-order valence-electron chi connectivity index (χ1n) is 9.27. The van der Waals surface area contributed by atoms with Gasteiger partial charge in [0.25, 0.3) is 11.8 Å². The van der Waals surface area contributed by atoms with E-state index in [1.54, 1.807) is 5.38 Å². The fraction of sp³-hybridized carbons (Fsp3) is 0.471. The van der Waals surface area contributed by atoms with Gasteiger partial charge in [0.2, 0.25) is 0 Å². The summed E-state index contributed by atoms with van der Waals surface area (Å²) in [5.74, 6) is -2.01. The van der Waals surface area contributed by atoms with Crippen LogP contribution in [-0.4, -0.2) is 88.0 Å². The summed E-state index contributed by atoms with van der Waals surface area (Å²) in [5.41, 5.74) is 5.64. The van der Waals surface area contributed by atoms with Crippen LogP contribution in [0.4, 0.5) is 5.13 Å². The molecule has 4 rings (SSSR count). The van der Waals surface area contributed by atoms with Crippen LogP contribution in [0.3, 0.4) is 0 Å². The van der Waals surface area contributed by atoms with Gasteiger partial charge < -0.3 is 30.5 Å². The minimum Gasteiger partial charge on any atom is -0.477 e. The second-order valence-electron chi connectivity index (χ2n) is 6.73. The Balaban J connectivity index is 1.49. The molecule has 4 N–H and O–H groups in total. The molecule has 32 heavy (non-hydrogen) atoms. The predicted octanol–water partition coefficient (Wildman–Crippen LogP) is -0.122. The van der Waals surface area contributed by atoms with Crippen LogP contribution < -0.4 is 11.1 Å². The van der Waals surface area contributed by atoms with Crippen molar-refractivity contribution in [2.24, 2.45) is 5.16 Å². The Morgan fingerprint density at radius 3 is 2.81 bits per heavy atom. The molecule has 12 nitrogen and oxygen atoms in total. The second kappa shape index (κ2) is 9.66. The Bertz CT molecular complexity index is 991. The molecule has 2 fully saturated rings. The lowest BCUT2D eigenvalue weighted by Crippen LogP contribution is -2.71. The molecule has 2 atom stereocenters. The van der Waals surface area contributed by atoms with Gasteiger partial charge >= 0.3 is 5.97 Å². The van der Waals surface area contributed by atoms with Gasteiger partial charge in [0.05, 0.1) is 18.5 Å². The number of carbonyl (C=O) groups excluding carboxylic acids is 2. The smallest absolute Gasteiger partial charge is 0.353 e. The number of thiazole rings is 1. The maximum atomic E-state index is 12.8. The molecule has 172 valence electrons. The van der Waals surface area contributed by atoms with E-state index in [-0.39, 0.29) is 34.3 Å². The Hall–Kier alpha value is -2.33. The van der Waals surface area contributed by atoms with Gasteiger partial charge in [-0.05, 0) is 0 Å². The maximum absolute atomic E-state index is 12.8. The largest absolute Gasteiger partial charge is 0.477 e.